The zero-order chi connectivity index (χ0) is 7.72. The smallest absolute Gasteiger partial charge is 0.0482 e. The van der Waals surface area contributed by atoms with Crippen molar-refractivity contribution in [1.29, 1.82) is 0 Å². The minimum absolute atomic E-state index is 0.0648. The van der Waals surface area contributed by atoms with E-state index in [9.17, 15) is 4.91 Å². The van der Waals surface area contributed by atoms with Crippen LogP contribution in [0.2, 0.25) is 0 Å². The molecule has 1 rings (SSSR count). The summed E-state index contributed by atoms with van der Waals surface area (Å²) in [7, 11) is 0. The van der Waals surface area contributed by atoms with Crippen molar-refractivity contribution in [3.63, 3.8) is 0 Å². The summed E-state index contributed by atoms with van der Waals surface area (Å²) in [6.07, 6.45) is 3.71. The van der Waals surface area contributed by atoms with Gasteiger partial charge in [0.05, 0.1) is 4.48 Å². The standard InChI is InChI=1S/C7H9BrNO/c1-5-3-4-7(8)6(2)9(5)10/h3-4,6H,1-2H3/q+1. The Balaban J connectivity index is 2.97. The molecule has 1 atom stereocenters. The van der Waals surface area contributed by atoms with Gasteiger partial charge in [-0.1, -0.05) is 0 Å². The Kier molecular flexibility index (Phi) is 2.04. The Bertz CT molecular complexity index is 228. The van der Waals surface area contributed by atoms with Crippen LogP contribution in [0.5, 0.6) is 0 Å². The average Bonchev–Trinajstić information content (AvgIpc) is 1.93. The van der Waals surface area contributed by atoms with Gasteiger partial charge in [-0.25, -0.2) is 0 Å². The van der Waals surface area contributed by atoms with Crippen molar-refractivity contribution in [3.05, 3.63) is 27.2 Å². The average molecular weight is 203 g/mol. The van der Waals surface area contributed by atoms with E-state index in [1.54, 1.807) is 13.0 Å². The molecule has 0 fully saturated rings. The summed E-state index contributed by atoms with van der Waals surface area (Å²) >= 11 is 3.30. The second-order valence-corrected chi connectivity index (χ2v) is 3.28. The van der Waals surface area contributed by atoms with Gasteiger partial charge in [0.15, 0.2) is 0 Å². The van der Waals surface area contributed by atoms with Crippen LogP contribution in [-0.4, -0.2) is 10.8 Å². The molecule has 0 radical (unpaired) electrons. The summed E-state index contributed by atoms with van der Waals surface area (Å²) in [5.41, 5.74) is 0.760. The minimum Gasteiger partial charge on any atom is -0.0482 e. The first kappa shape index (κ1) is 7.66. The van der Waals surface area contributed by atoms with Crippen molar-refractivity contribution >= 4 is 15.9 Å². The highest BCUT2D eigenvalue weighted by Crippen LogP contribution is 2.20. The first-order chi connectivity index (χ1) is 4.63. The fourth-order valence-electron chi connectivity index (χ4n) is 0.830. The Hall–Kier alpha value is -0.440. The highest BCUT2D eigenvalue weighted by molar-refractivity contribution is 9.11. The van der Waals surface area contributed by atoms with Gasteiger partial charge in [0.1, 0.15) is 0 Å². The quantitative estimate of drug-likeness (QED) is 0.553. The second-order valence-electron chi connectivity index (χ2n) is 2.36. The van der Waals surface area contributed by atoms with Crippen LogP contribution in [0.1, 0.15) is 13.8 Å². The Labute approximate surface area is 68.3 Å². The van der Waals surface area contributed by atoms with Gasteiger partial charge in [0, 0.05) is 29.6 Å². The van der Waals surface area contributed by atoms with Crippen LogP contribution in [0.25, 0.3) is 0 Å². The molecular weight excluding hydrogens is 194 g/mol. The maximum Gasteiger partial charge on any atom is 0.236 e. The lowest BCUT2D eigenvalue weighted by atomic mass is 10.2. The van der Waals surface area contributed by atoms with E-state index >= 15 is 0 Å². The summed E-state index contributed by atoms with van der Waals surface area (Å²) in [5.74, 6) is 0. The molecule has 10 heavy (non-hydrogen) atoms. The predicted octanol–water partition coefficient (Wildman–Crippen LogP) is 2.35. The first-order valence-corrected chi connectivity index (χ1v) is 3.92. The van der Waals surface area contributed by atoms with Crippen molar-refractivity contribution in [2.75, 3.05) is 0 Å². The minimum atomic E-state index is -0.0648. The summed E-state index contributed by atoms with van der Waals surface area (Å²) in [5, 5.41) is 0. The Morgan fingerprint density at radius 2 is 2.20 bits per heavy atom. The van der Waals surface area contributed by atoms with Gasteiger partial charge < -0.3 is 0 Å². The van der Waals surface area contributed by atoms with Crippen molar-refractivity contribution in [1.82, 2.24) is 0 Å². The van der Waals surface area contributed by atoms with Gasteiger partial charge in [-0.15, -0.1) is 0 Å². The maximum atomic E-state index is 11.1. The number of hydrogen-bond acceptors (Lipinski definition) is 1. The van der Waals surface area contributed by atoms with Crippen LogP contribution >= 0.6 is 15.9 Å². The molecule has 2 nitrogen and oxygen atoms in total. The topological polar surface area (TPSA) is 20.1 Å². The third-order valence-corrected chi connectivity index (χ3v) is 2.51. The lowest BCUT2D eigenvalue weighted by Gasteiger charge is -2.05. The zero-order valence-corrected chi connectivity index (χ0v) is 7.55. The molecule has 0 amide bonds. The van der Waals surface area contributed by atoms with Crippen molar-refractivity contribution < 1.29 is 4.76 Å². The van der Waals surface area contributed by atoms with E-state index in [0.717, 1.165) is 14.9 Å². The van der Waals surface area contributed by atoms with Crippen molar-refractivity contribution in [2.24, 2.45) is 0 Å². The summed E-state index contributed by atoms with van der Waals surface area (Å²) in [6, 6.07) is -0.0648. The molecule has 0 aliphatic carbocycles. The SMILES string of the molecule is CC1=CC=C(Br)C(C)[N+]1=O. The molecule has 0 bridgehead atoms. The maximum absolute atomic E-state index is 11.1. The van der Waals surface area contributed by atoms with Gasteiger partial charge in [-0.05, 0) is 22.0 Å². The van der Waals surface area contributed by atoms with E-state index in [1.807, 2.05) is 13.0 Å². The highest BCUT2D eigenvalue weighted by Gasteiger charge is 2.27. The molecule has 0 saturated carbocycles. The summed E-state index contributed by atoms with van der Waals surface area (Å²) in [6.45, 7) is 3.67. The fourth-order valence-corrected chi connectivity index (χ4v) is 1.15. The van der Waals surface area contributed by atoms with Crippen LogP contribution in [0.3, 0.4) is 0 Å². The highest BCUT2D eigenvalue weighted by atomic mass is 79.9. The molecule has 3 heteroatoms. The monoisotopic (exact) mass is 202 g/mol. The van der Waals surface area contributed by atoms with Crippen LogP contribution in [0.4, 0.5) is 0 Å². The molecule has 54 valence electrons. The molecule has 0 saturated heterocycles. The molecule has 1 unspecified atom stereocenters. The van der Waals surface area contributed by atoms with Crippen LogP contribution in [-0.2, 0) is 0 Å². The predicted molar refractivity (Wildman–Crippen MR) is 43.9 cm³/mol. The van der Waals surface area contributed by atoms with E-state index in [1.165, 1.54) is 0 Å². The van der Waals surface area contributed by atoms with Gasteiger partial charge >= 0.3 is 0 Å². The third kappa shape index (κ3) is 1.19. The van der Waals surface area contributed by atoms with Crippen molar-refractivity contribution in [3.8, 4) is 0 Å². The van der Waals surface area contributed by atoms with E-state index in [2.05, 4.69) is 15.9 Å². The molecule has 1 aliphatic heterocycles. The largest absolute Gasteiger partial charge is 0.236 e. The zero-order valence-electron chi connectivity index (χ0n) is 5.97. The number of nitroso groups, excluding NO2 is 1. The summed E-state index contributed by atoms with van der Waals surface area (Å²) < 4.78 is 1.93. The van der Waals surface area contributed by atoms with E-state index in [4.69, 9.17) is 0 Å². The molecule has 1 heterocycles. The van der Waals surface area contributed by atoms with Gasteiger partial charge in [-0.2, -0.15) is 0 Å². The van der Waals surface area contributed by atoms with Crippen LogP contribution in [0, 0.1) is 4.91 Å². The lowest BCUT2D eigenvalue weighted by Crippen LogP contribution is -2.21. The van der Waals surface area contributed by atoms with Crippen LogP contribution in [0.15, 0.2) is 22.3 Å². The number of hydrogen-bond donors (Lipinski definition) is 0. The first-order valence-electron chi connectivity index (χ1n) is 3.13. The normalized spacial score (nSPS) is 25.9. The second kappa shape index (κ2) is 2.66. The molecule has 0 aromatic rings. The molecule has 1 aliphatic rings. The molecule has 0 aromatic heterocycles. The van der Waals surface area contributed by atoms with Gasteiger partial charge in [-0.3, -0.25) is 0 Å². The molecule has 0 N–H and O–H groups in total. The van der Waals surface area contributed by atoms with E-state index in [0.29, 0.717) is 0 Å². The molecule has 0 spiro atoms. The number of allylic oxidation sites excluding steroid dienone is 3. The van der Waals surface area contributed by atoms with E-state index < -0.39 is 0 Å². The van der Waals surface area contributed by atoms with Gasteiger partial charge in [0.2, 0.25) is 11.7 Å². The lowest BCUT2D eigenvalue weighted by molar-refractivity contribution is -0.524. The molecular formula is C7H9BrNO+. The van der Waals surface area contributed by atoms with Crippen molar-refractivity contribution in [2.45, 2.75) is 19.9 Å². The third-order valence-electron chi connectivity index (χ3n) is 1.58. The number of halogens is 1. The number of rotatable bonds is 0. The fraction of sp³-hybridized carbons (Fsp3) is 0.429. The van der Waals surface area contributed by atoms with E-state index in [-0.39, 0.29) is 6.04 Å². The Morgan fingerprint density at radius 3 is 2.70 bits per heavy atom. The molecule has 0 aromatic carbocycles. The summed E-state index contributed by atoms with van der Waals surface area (Å²) in [4.78, 5) is 11.1. The van der Waals surface area contributed by atoms with Gasteiger partial charge in [0.25, 0.3) is 0 Å². The van der Waals surface area contributed by atoms with Crippen LogP contribution < -0.4 is 0 Å². The Morgan fingerprint density at radius 1 is 1.60 bits per heavy atom. The number of nitrogens with zero attached hydrogens (tertiary/aromatic N) is 1.